The highest BCUT2D eigenvalue weighted by molar-refractivity contribution is 8.76. The van der Waals surface area contributed by atoms with Crippen LogP contribution in [0.5, 0.6) is 0 Å². The van der Waals surface area contributed by atoms with E-state index in [1.807, 2.05) is 0 Å². The van der Waals surface area contributed by atoms with E-state index in [2.05, 4.69) is 10.6 Å². The van der Waals surface area contributed by atoms with Crippen LogP contribution in [0, 0.1) is 0 Å². The average molecular weight is 815 g/mol. The van der Waals surface area contributed by atoms with Crippen molar-refractivity contribution >= 4 is 114 Å². The van der Waals surface area contributed by atoms with E-state index in [1.54, 1.807) is 12.5 Å². The summed E-state index contributed by atoms with van der Waals surface area (Å²) in [6, 6.07) is -6.38. The van der Waals surface area contributed by atoms with Crippen LogP contribution in [0.2, 0.25) is 0 Å². The Labute approximate surface area is 317 Å². The van der Waals surface area contributed by atoms with Crippen LogP contribution in [-0.2, 0) is 38.4 Å². The van der Waals surface area contributed by atoms with E-state index >= 15 is 0 Å². The summed E-state index contributed by atoms with van der Waals surface area (Å²) in [6.45, 7) is -0.950. The zero-order valence-electron chi connectivity index (χ0n) is 28.8. The van der Waals surface area contributed by atoms with E-state index in [1.165, 1.54) is 92.9 Å². The minimum atomic E-state index is -1.17. The van der Waals surface area contributed by atoms with E-state index in [9.17, 15) is 38.4 Å². The molecule has 0 aromatic heterocycles. The van der Waals surface area contributed by atoms with Gasteiger partial charge in [0.15, 0.2) is 0 Å². The van der Waals surface area contributed by atoms with Crippen LogP contribution in [0.1, 0.15) is 0 Å². The van der Waals surface area contributed by atoms with Crippen molar-refractivity contribution in [3.05, 3.63) is 0 Å². The number of hydrogen-bond acceptors (Lipinski definition) is 16. The summed E-state index contributed by atoms with van der Waals surface area (Å²) in [7, 11) is 8.10. The first-order chi connectivity index (χ1) is 23.6. The second-order valence-corrected chi connectivity index (χ2v) is 17.8. The number of fused-ring (bicyclic) bond motifs is 5. The molecule has 2 bridgehead atoms. The van der Waals surface area contributed by atoms with E-state index in [4.69, 9.17) is 11.5 Å². The topological polar surface area (TPSA) is 226 Å². The molecule has 2 aliphatic rings. The lowest BCUT2D eigenvalue weighted by molar-refractivity contribution is -0.144. The van der Waals surface area contributed by atoms with Crippen LogP contribution >= 0.6 is 68.6 Å². The number of rotatable bonds is 4. The lowest BCUT2D eigenvalue weighted by Crippen LogP contribution is -2.57. The van der Waals surface area contributed by atoms with Crippen LogP contribution in [-0.4, -0.2) is 190 Å². The summed E-state index contributed by atoms with van der Waals surface area (Å²) in [5, 5.41) is 4.14. The van der Waals surface area contributed by atoms with E-state index < -0.39 is 95.0 Å². The van der Waals surface area contributed by atoms with Crippen molar-refractivity contribution < 1.29 is 38.4 Å². The third-order valence-electron chi connectivity index (χ3n) is 7.96. The number of amides is 6. The van der Waals surface area contributed by atoms with Crippen molar-refractivity contribution in [1.82, 2.24) is 30.2 Å². The first-order valence-corrected chi connectivity index (χ1v) is 22.5. The summed E-state index contributed by atoms with van der Waals surface area (Å²) in [5.41, 5.74) is 12.1. The Kier molecular flexibility index (Phi) is 19.2. The zero-order chi connectivity index (χ0) is 37.7. The van der Waals surface area contributed by atoms with Crippen LogP contribution < -0.4 is 22.1 Å². The molecule has 0 aromatic carbocycles. The normalized spacial score (nSPS) is 28.8. The van der Waals surface area contributed by atoms with Gasteiger partial charge in [-0.3, -0.25) is 38.4 Å². The van der Waals surface area contributed by atoms with Gasteiger partial charge in [0.25, 0.3) is 0 Å². The van der Waals surface area contributed by atoms with Crippen molar-refractivity contribution in [1.29, 1.82) is 0 Å². The molecule has 2 rings (SSSR count). The van der Waals surface area contributed by atoms with Crippen LogP contribution in [0.4, 0.5) is 0 Å². The molecule has 6 atom stereocenters. The van der Waals surface area contributed by atoms with E-state index in [0.29, 0.717) is 0 Å². The van der Waals surface area contributed by atoms with Gasteiger partial charge < -0.3 is 41.7 Å². The lowest BCUT2D eigenvalue weighted by Gasteiger charge is -2.35. The third kappa shape index (κ3) is 12.4. The molecule has 16 nitrogen and oxygen atoms in total. The number of carbonyl (C=O) groups is 8. The fourth-order valence-electron chi connectivity index (χ4n) is 4.56. The molecule has 2 heterocycles. The Bertz CT molecular complexity index is 1190. The average Bonchev–Trinajstić information content (AvgIpc) is 3.10. The zero-order valence-corrected chi connectivity index (χ0v) is 33.7. The van der Waals surface area contributed by atoms with Gasteiger partial charge in [0.2, 0.25) is 45.7 Å². The molecule has 0 unspecified atom stereocenters. The standard InChI is InChI=1S/C28H46N8O8S6/c1-33-17-13-49-50-14-18(26(42)36(4)20(12-46-6)28(44)48-9-15(29)23(39)31-7-21(33)37)34(2)22(38)8-32-24(40)16(30)10-47-27(43)19(11-45-5)35(3)25(17)41/h15-20H,7-14,29-30H2,1-6H3,(H,31,39)(H,32,40)/t15-,16-,17+,18+,19+,20+/m1/s1. The van der Waals surface area contributed by atoms with Crippen LogP contribution in [0.25, 0.3) is 0 Å². The second kappa shape index (κ2) is 21.6. The maximum Gasteiger partial charge on any atom is 0.246 e. The molecule has 22 heteroatoms. The summed E-state index contributed by atoms with van der Waals surface area (Å²) in [4.78, 5) is 112. The van der Waals surface area contributed by atoms with Crippen molar-refractivity contribution in [2.75, 3.05) is 88.3 Å². The molecular weight excluding hydrogens is 769 g/mol. The molecule has 2 fully saturated rings. The van der Waals surface area contributed by atoms with Gasteiger partial charge in [-0.15, -0.1) is 0 Å². The van der Waals surface area contributed by atoms with Crippen molar-refractivity contribution in [3.63, 3.8) is 0 Å². The Balaban J connectivity index is 2.64. The van der Waals surface area contributed by atoms with Gasteiger partial charge in [-0.2, -0.15) is 23.5 Å². The van der Waals surface area contributed by atoms with Gasteiger partial charge in [-0.1, -0.05) is 45.1 Å². The van der Waals surface area contributed by atoms with Crippen molar-refractivity contribution in [3.8, 4) is 0 Å². The van der Waals surface area contributed by atoms with E-state index in [0.717, 1.165) is 23.5 Å². The first-order valence-electron chi connectivity index (χ1n) is 15.2. The minimum absolute atomic E-state index is 0.0242. The van der Waals surface area contributed by atoms with Gasteiger partial charge in [-0.05, 0) is 12.5 Å². The summed E-state index contributed by atoms with van der Waals surface area (Å²) in [6.07, 6.45) is 3.54. The molecule has 6 amide bonds. The van der Waals surface area contributed by atoms with Crippen molar-refractivity contribution in [2.24, 2.45) is 11.5 Å². The maximum atomic E-state index is 14.0. The Morgan fingerprint density at radius 1 is 0.600 bits per heavy atom. The number of carbonyl (C=O) groups excluding carboxylic acids is 8. The molecule has 2 aliphatic heterocycles. The monoisotopic (exact) mass is 814 g/mol. The molecule has 0 aromatic rings. The fourth-order valence-corrected chi connectivity index (χ4v) is 10.5. The van der Waals surface area contributed by atoms with E-state index in [-0.39, 0.29) is 34.5 Å². The highest BCUT2D eigenvalue weighted by atomic mass is 33.1. The number of nitrogens with two attached hydrogens (primary N) is 2. The third-order valence-corrected chi connectivity index (χ3v) is 13.8. The second-order valence-electron chi connectivity index (χ2n) is 11.4. The van der Waals surface area contributed by atoms with Crippen LogP contribution in [0.15, 0.2) is 0 Å². The molecule has 282 valence electrons. The van der Waals surface area contributed by atoms with Crippen molar-refractivity contribution in [2.45, 2.75) is 36.3 Å². The smallest absolute Gasteiger partial charge is 0.246 e. The highest BCUT2D eigenvalue weighted by Gasteiger charge is 2.38. The molecule has 6 N–H and O–H groups in total. The molecule has 50 heavy (non-hydrogen) atoms. The number of hydrogen-bond donors (Lipinski definition) is 4. The number of nitrogens with one attached hydrogen (secondary N) is 2. The molecule has 0 saturated carbocycles. The quantitative estimate of drug-likeness (QED) is 0.222. The highest BCUT2D eigenvalue weighted by Crippen LogP contribution is 2.28. The molecule has 0 aliphatic carbocycles. The number of likely N-dealkylation sites (N-methyl/N-ethyl adjacent to an activating group) is 4. The minimum Gasteiger partial charge on any atom is -0.346 e. The predicted octanol–water partition coefficient (Wildman–Crippen LogP) is -2.16. The summed E-state index contributed by atoms with van der Waals surface area (Å²) < 4.78 is 0. The number of nitrogens with zero attached hydrogens (tertiary/aromatic N) is 4. The fraction of sp³-hybridized carbons (Fsp3) is 0.714. The van der Waals surface area contributed by atoms with Crippen LogP contribution in [0.3, 0.4) is 0 Å². The lowest BCUT2D eigenvalue weighted by atomic mass is 10.2. The summed E-state index contributed by atoms with van der Waals surface area (Å²) in [5.74, 6) is -3.42. The largest absolute Gasteiger partial charge is 0.346 e. The molecular formula is C28H46N8O8S6. The van der Waals surface area contributed by atoms with Gasteiger partial charge in [0.1, 0.15) is 24.2 Å². The SMILES string of the molecule is CSC[C@H]1C(=O)SC[C@@H](N)C(=O)NCC(=O)N(C)[C@H]2CSSC[C@@H](C(=O)N1C)N(C)C(=O)CNC(=O)[C@H](N)CSC(=O)[C@H](CSC)N(C)C2=O. The maximum absolute atomic E-state index is 14.0. The predicted molar refractivity (Wildman–Crippen MR) is 205 cm³/mol. The van der Waals surface area contributed by atoms with Gasteiger partial charge in [0, 0.05) is 62.7 Å². The first kappa shape index (κ1) is 44.3. The Hall–Kier alpha value is -1.82. The Morgan fingerprint density at radius 2 is 0.940 bits per heavy atom. The molecule has 0 radical (unpaired) electrons. The number of thioether (sulfide) groups is 4. The van der Waals surface area contributed by atoms with Gasteiger partial charge in [-0.25, -0.2) is 0 Å². The molecule has 0 spiro atoms. The van der Waals surface area contributed by atoms with Gasteiger partial charge in [0.05, 0.1) is 25.2 Å². The Morgan fingerprint density at radius 3 is 1.26 bits per heavy atom. The summed E-state index contributed by atoms with van der Waals surface area (Å²) >= 11 is 4.23. The van der Waals surface area contributed by atoms with Gasteiger partial charge >= 0.3 is 0 Å². The molecule has 2 saturated heterocycles.